The van der Waals surface area contributed by atoms with Gasteiger partial charge in [-0.15, -0.1) is 0 Å². The summed E-state index contributed by atoms with van der Waals surface area (Å²) < 4.78 is 98.2. The first-order valence-electron chi connectivity index (χ1n) is 15.1. The summed E-state index contributed by atoms with van der Waals surface area (Å²) in [5.41, 5.74) is 0.497. The number of sulfonamides is 2. The molecule has 2 atom stereocenters. The van der Waals surface area contributed by atoms with Gasteiger partial charge in [0.15, 0.2) is 23.9 Å². The minimum absolute atomic E-state index is 0.0222. The zero-order chi connectivity index (χ0) is 35.7. The molecule has 1 aliphatic heterocycles. The third kappa shape index (κ3) is 8.55. The first-order chi connectivity index (χ1) is 23.1. The van der Waals surface area contributed by atoms with Gasteiger partial charge in [-0.2, -0.15) is 17.8 Å². The number of nitrogens with zero attached hydrogens (tertiary/aromatic N) is 3. The van der Waals surface area contributed by atoms with Crippen LogP contribution in [0.1, 0.15) is 42.9 Å². The molecule has 12 nitrogen and oxygen atoms in total. The monoisotopic (exact) mass is 763 g/mol. The van der Waals surface area contributed by atoms with Gasteiger partial charge in [0.1, 0.15) is 22.2 Å². The molecule has 5 rings (SSSR count). The Morgan fingerprint density at radius 2 is 1.69 bits per heavy atom. The van der Waals surface area contributed by atoms with Gasteiger partial charge in [-0.05, 0) is 67.5 Å². The van der Waals surface area contributed by atoms with E-state index in [4.69, 9.17) is 32.7 Å². The number of alkyl halides is 2. The SMILES string of the molecule is CN(C)S(=O)(=O)c1cccc(S(=O)(=O)N2CCCC2C(=O)OC(Cc2c(Cl)c[n+]([O-])cc2Cl)c2ccc(OC(F)F)c(OCC3CC3)c2)c1. The molecule has 3 aromatic rings. The molecule has 1 saturated carbocycles. The highest BCUT2D eigenvalue weighted by atomic mass is 35.5. The van der Waals surface area contributed by atoms with Crippen LogP contribution in [0.4, 0.5) is 8.78 Å². The molecule has 0 amide bonds. The molecule has 0 radical (unpaired) electrons. The van der Waals surface area contributed by atoms with Gasteiger partial charge in [0.25, 0.3) is 0 Å². The molecule has 2 heterocycles. The molecule has 0 spiro atoms. The molecule has 18 heteroatoms. The highest BCUT2D eigenvalue weighted by Crippen LogP contribution is 2.39. The number of esters is 1. The first kappa shape index (κ1) is 37.0. The molecule has 2 aliphatic rings. The lowest BCUT2D eigenvalue weighted by Gasteiger charge is -2.26. The lowest BCUT2D eigenvalue weighted by Crippen LogP contribution is -2.42. The minimum atomic E-state index is -4.39. The minimum Gasteiger partial charge on any atom is -0.619 e. The Morgan fingerprint density at radius 3 is 2.33 bits per heavy atom. The van der Waals surface area contributed by atoms with E-state index in [1.165, 1.54) is 50.5 Å². The zero-order valence-electron chi connectivity index (χ0n) is 26.3. The molecular formula is C31H33Cl2F2N3O9S2. The van der Waals surface area contributed by atoms with Gasteiger partial charge in [-0.1, -0.05) is 35.3 Å². The van der Waals surface area contributed by atoms with Crippen molar-refractivity contribution in [1.82, 2.24) is 8.61 Å². The fourth-order valence-electron chi connectivity index (χ4n) is 5.29. The fraction of sp³-hybridized carbons (Fsp3) is 0.419. The van der Waals surface area contributed by atoms with Crippen LogP contribution in [0.2, 0.25) is 10.0 Å². The van der Waals surface area contributed by atoms with Crippen LogP contribution < -0.4 is 14.2 Å². The number of benzene rings is 2. The standard InChI is InChI=1S/C31H33Cl2F2N3O9S2/c1-36(2)48(41,42)21-5-3-6-22(14-21)49(43,44)38-12-4-7-26(38)30(39)46-28(15-23-24(32)16-37(40)17-25(23)33)20-10-11-27(47-31(34)35)29(13-20)45-18-19-8-9-19/h3,5-6,10-11,13-14,16-17,19,26,28,31H,4,7-9,12,15,18H2,1-2H3. The van der Waals surface area contributed by atoms with Crippen LogP contribution in [0, 0.1) is 11.1 Å². The van der Waals surface area contributed by atoms with Crippen LogP contribution >= 0.6 is 23.2 Å². The molecular weight excluding hydrogens is 731 g/mol. The van der Waals surface area contributed by atoms with Gasteiger partial charge in [-0.25, -0.2) is 21.1 Å². The van der Waals surface area contributed by atoms with Crippen molar-refractivity contribution in [3.8, 4) is 11.5 Å². The molecule has 2 aromatic carbocycles. The maximum absolute atomic E-state index is 13.9. The van der Waals surface area contributed by atoms with Crippen molar-refractivity contribution in [2.24, 2.45) is 5.92 Å². The molecule has 0 bridgehead atoms. The average Bonchev–Trinajstić information content (AvgIpc) is 3.73. The van der Waals surface area contributed by atoms with Crippen molar-refractivity contribution in [2.75, 3.05) is 27.2 Å². The predicted octanol–water partition coefficient (Wildman–Crippen LogP) is 4.95. The van der Waals surface area contributed by atoms with E-state index >= 15 is 0 Å². The summed E-state index contributed by atoms with van der Waals surface area (Å²) in [4.78, 5) is 13.3. The number of hydrogen-bond donors (Lipinski definition) is 0. The van der Waals surface area contributed by atoms with Gasteiger partial charge < -0.3 is 19.4 Å². The maximum atomic E-state index is 13.9. The first-order valence-corrected chi connectivity index (χ1v) is 18.7. The second kappa shape index (κ2) is 14.9. The van der Waals surface area contributed by atoms with E-state index in [0.717, 1.165) is 39.9 Å². The van der Waals surface area contributed by atoms with E-state index in [9.17, 15) is 35.6 Å². The normalized spacial score (nSPS) is 17.8. The Bertz CT molecular complexity index is 1910. The lowest BCUT2D eigenvalue weighted by atomic mass is 10.0. The number of rotatable bonds is 14. The molecule has 1 saturated heterocycles. The van der Waals surface area contributed by atoms with E-state index in [1.807, 2.05) is 0 Å². The Labute approximate surface area is 292 Å². The lowest BCUT2D eigenvalue weighted by molar-refractivity contribution is -0.605. The van der Waals surface area contributed by atoms with E-state index in [2.05, 4.69) is 4.74 Å². The largest absolute Gasteiger partial charge is 0.619 e. The molecule has 0 N–H and O–H groups in total. The third-order valence-corrected chi connectivity index (χ3v) is 12.5. The van der Waals surface area contributed by atoms with Gasteiger partial charge in [0.05, 0.1) is 16.4 Å². The van der Waals surface area contributed by atoms with Gasteiger partial charge >= 0.3 is 12.6 Å². The number of hydrogen-bond acceptors (Lipinski definition) is 9. The molecule has 49 heavy (non-hydrogen) atoms. The quantitative estimate of drug-likeness (QED) is 0.127. The Kier molecular flexibility index (Phi) is 11.3. The molecule has 266 valence electrons. The summed E-state index contributed by atoms with van der Waals surface area (Å²) in [5, 5.41) is 11.8. The summed E-state index contributed by atoms with van der Waals surface area (Å²) in [7, 11) is -5.72. The van der Waals surface area contributed by atoms with Crippen molar-refractivity contribution in [3.05, 3.63) is 81.2 Å². The number of halogens is 4. The number of aromatic nitrogens is 1. The van der Waals surface area contributed by atoms with Crippen molar-refractivity contribution in [1.29, 1.82) is 0 Å². The van der Waals surface area contributed by atoms with Crippen molar-refractivity contribution in [3.63, 3.8) is 0 Å². The van der Waals surface area contributed by atoms with Crippen molar-refractivity contribution in [2.45, 2.75) is 60.7 Å². The topological polar surface area (TPSA) is 146 Å². The molecule has 1 aromatic heterocycles. The van der Waals surface area contributed by atoms with Crippen LogP contribution in [0.25, 0.3) is 0 Å². The molecule has 2 fully saturated rings. The van der Waals surface area contributed by atoms with Crippen LogP contribution in [-0.4, -0.2) is 71.3 Å². The van der Waals surface area contributed by atoms with Gasteiger partial charge in [0.2, 0.25) is 20.0 Å². The van der Waals surface area contributed by atoms with Gasteiger partial charge in [0, 0.05) is 32.6 Å². The number of carbonyl (C=O) groups is 1. The number of carbonyl (C=O) groups excluding carboxylic acids is 1. The maximum Gasteiger partial charge on any atom is 0.387 e. The van der Waals surface area contributed by atoms with E-state index < -0.39 is 44.8 Å². The van der Waals surface area contributed by atoms with Crippen LogP contribution in [0.5, 0.6) is 11.5 Å². The average molecular weight is 765 g/mol. The number of pyridine rings is 1. The van der Waals surface area contributed by atoms with Crippen molar-refractivity contribution < 1.29 is 49.4 Å². The van der Waals surface area contributed by atoms with Crippen molar-refractivity contribution >= 4 is 49.2 Å². The Hall–Kier alpha value is -3.28. The highest BCUT2D eigenvalue weighted by molar-refractivity contribution is 7.90. The van der Waals surface area contributed by atoms with E-state index in [1.54, 1.807) is 0 Å². The smallest absolute Gasteiger partial charge is 0.387 e. The Morgan fingerprint density at radius 1 is 1.02 bits per heavy atom. The predicted molar refractivity (Wildman–Crippen MR) is 173 cm³/mol. The summed E-state index contributed by atoms with van der Waals surface area (Å²) in [6.45, 7) is -2.93. The van der Waals surface area contributed by atoms with Crippen LogP contribution in [0.15, 0.2) is 64.6 Å². The third-order valence-electron chi connectivity index (χ3n) is 8.10. The summed E-state index contributed by atoms with van der Waals surface area (Å²) >= 11 is 12.7. The van der Waals surface area contributed by atoms with Gasteiger partial charge in [-0.3, -0.25) is 4.79 Å². The van der Waals surface area contributed by atoms with E-state index in [-0.39, 0.29) is 74.4 Å². The molecule has 2 unspecified atom stereocenters. The summed E-state index contributed by atoms with van der Waals surface area (Å²) in [5.74, 6) is -0.930. The highest BCUT2D eigenvalue weighted by Gasteiger charge is 2.42. The Balaban J connectivity index is 1.48. The fourth-order valence-corrected chi connectivity index (χ4v) is 8.60. The summed E-state index contributed by atoms with van der Waals surface area (Å²) in [6, 6.07) is 7.55. The van der Waals surface area contributed by atoms with Crippen LogP contribution in [0.3, 0.4) is 0 Å². The summed E-state index contributed by atoms with van der Waals surface area (Å²) in [6.07, 6.45) is 2.96. The second-order valence-electron chi connectivity index (χ2n) is 11.8. The second-order valence-corrected chi connectivity index (χ2v) is 16.7. The number of ether oxygens (including phenoxy) is 3. The molecule has 1 aliphatic carbocycles. The zero-order valence-corrected chi connectivity index (χ0v) is 29.4. The van der Waals surface area contributed by atoms with E-state index in [0.29, 0.717) is 11.2 Å². The van der Waals surface area contributed by atoms with Crippen LogP contribution in [-0.2, 0) is 36.0 Å².